The Bertz CT molecular complexity index is 927. The first-order valence-corrected chi connectivity index (χ1v) is 25.5. The predicted octanol–water partition coefficient (Wildman–Crippen LogP) is 12.9. The van der Waals surface area contributed by atoms with Gasteiger partial charge in [-0.05, 0) is 19.3 Å². The first-order chi connectivity index (χ1) is 27.0. The van der Waals surface area contributed by atoms with Crippen LogP contribution >= 0.6 is 7.82 Å². The molecule has 0 saturated carbocycles. The highest BCUT2D eigenvalue weighted by molar-refractivity contribution is 7.45. The lowest BCUT2D eigenvalue weighted by molar-refractivity contribution is -0.870. The summed E-state index contributed by atoms with van der Waals surface area (Å²) >= 11 is 0. The van der Waals surface area contributed by atoms with E-state index in [-0.39, 0.29) is 19.1 Å². The fourth-order valence-electron chi connectivity index (χ4n) is 7.15. The summed E-state index contributed by atoms with van der Waals surface area (Å²) in [5, 5.41) is 13.6. The summed E-state index contributed by atoms with van der Waals surface area (Å²) in [6.07, 6.45) is 46.2. The second-order valence-electron chi connectivity index (χ2n) is 17.8. The van der Waals surface area contributed by atoms with Crippen LogP contribution in [-0.4, -0.2) is 68.5 Å². The van der Waals surface area contributed by atoms with Crippen molar-refractivity contribution in [2.24, 2.45) is 0 Å². The van der Waals surface area contributed by atoms with Crippen LogP contribution in [0.3, 0.4) is 0 Å². The van der Waals surface area contributed by atoms with Crippen molar-refractivity contribution in [3.63, 3.8) is 0 Å². The van der Waals surface area contributed by atoms with Crippen LogP contribution in [0, 0.1) is 0 Å². The molecule has 0 heterocycles. The summed E-state index contributed by atoms with van der Waals surface area (Å²) in [4.78, 5) is 25.1. The summed E-state index contributed by atoms with van der Waals surface area (Å²) in [6, 6.07) is -0.877. The first kappa shape index (κ1) is 55.2. The number of nitrogens with one attached hydrogen (secondary N) is 1. The van der Waals surface area contributed by atoms with E-state index in [0.717, 1.165) is 44.9 Å². The quantitative estimate of drug-likeness (QED) is 0.0274. The molecule has 56 heavy (non-hydrogen) atoms. The van der Waals surface area contributed by atoms with Gasteiger partial charge < -0.3 is 28.8 Å². The molecule has 0 aromatic carbocycles. The van der Waals surface area contributed by atoms with E-state index in [0.29, 0.717) is 17.4 Å². The molecular formula is C47H95N2O6P. The number of carbonyl (C=O) groups excluding carboxylic acids is 1. The number of quaternary nitrogens is 1. The Labute approximate surface area is 348 Å². The van der Waals surface area contributed by atoms with Crippen LogP contribution in [0.1, 0.15) is 232 Å². The molecule has 3 unspecified atom stereocenters. The van der Waals surface area contributed by atoms with Crippen LogP contribution in [0.5, 0.6) is 0 Å². The van der Waals surface area contributed by atoms with Gasteiger partial charge in [0.05, 0.1) is 39.9 Å². The van der Waals surface area contributed by atoms with Crippen molar-refractivity contribution < 1.29 is 32.9 Å². The van der Waals surface area contributed by atoms with Gasteiger partial charge >= 0.3 is 0 Å². The van der Waals surface area contributed by atoms with Gasteiger partial charge in [0.25, 0.3) is 7.82 Å². The zero-order chi connectivity index (χ0) is 41.4. The maximum atomic E-state index is 12.8. The minimum atomic E-state index is -4.57. The first-order valence-electron chi connectivity index (χ1n) is 24.1. The number of allylic oxidation sites excluding steroid dienone is 1. The highest BCUT2D eigenvalue weighted by atomic mass is 31.2. The van der Waals surface area contributed by atoms with E-state index in [1.807, 2.05) is 27.2 Å². The van der Waals surface area contributed by atoms with E-state index in [1.54, 1.807) is 6.08 Å². The summed E-state index contributed by atoms with van der Waals surface area (Å²) < 4.78 is 23.0. The van der Waals surface area contributed by atoms with E-state index in [2.05, 4.69) is 19.2 Å². The number of nitrogens with zero attached hydrogens (tertiary/aromatic N) is 1. The molecule has 0 saturated heterocycles. The van der Waals surface area contributed by atoms with Crippen molar-refractivity contribution in [3.05, 3.63) is 12.2 Å². The minimum Gasteiger partial charge on any atom is -0.756 e. The molecule has 0 aliphatic heterocycles. The van der Waals surface area contributed by atoms with Gasteiger partial charge in [-0.25, -0.2) is 0 Å². The number of hydrogen-bond donors (Lipinski definition) is 2. The largest absolute Gasteiger partial charge is 0.756 e. The van der Waals surface area contributed by atoms with E-state index >= 15 is 0 Å². The number of phosphoric acid groups is 1. The van der Waals surface area contributed by atoms with Gasteiger partial charge in [-0.15, -0.1) is 0 Å². The number of rotatable bonds is 44. The lowest BCUT2D eigenvalue weighted by Gasteiger charge is -2.29. The molecule has 0 aromatic rings. The van der Waals surface area contributed by atoms with Crippen LogP contribution < -0.4 is 10.2 Å². The molecule has 334 valence electrons. The number of aliphatic hydroxyl groups is 1. The highest BCUT2D eigenvalue weighted by Crippen LogP contribution is 2.38. The molecule has 0 aliphatic carbocycles. The Morgan fingerprint density at radius 2 is 0.964 bits per heavy atom. The topological polar surface area (TPSA) is 108 Å². The third kappa shape index (κ3) is 41.4. The molecule has 0 aliphatic rings. The number of unbranched alkanes of at least 4 members (excludes halogenated alkanes) is 31. The van der Waals surface area contributed by atoms with Crippen molar-refractivity contribution in [2.75, 3.05) is 40.9 Å². The monoisotopic (exact) mass is 815 g/mol. The summed E-state index contributed by atoms with van der Waals surface area (Å²) in [6.45, 7) is 4.55. The molecule has 0 spiro atoms. The number of carbonyl (C=O) groups is 1. The molecule has 9 heteroatoms. The molecule has 1 amide bonds. The van der Waals surface area contributed by atoms with E-state index in [9.17, 15) is 19.4 Å². The smallest absolute Gasteiger partial charge is 0.268 e. The maximum absolute atomic E-state index is 12.8. The molecule has 0 rings (SSSR count). The molecular weight excluding hydrogens is 719 g/mol. The Kier molecular flexibility index (Phi) is 39.1. The van der Waals surface area contributed by atoms with Crippen LogP contribution in [0.15, 0.2) is 12.2 Å². The number of hydrogen-bond acceptors (Lipinski definition) is 6. The highest BCUT2D eigenvalue weighted by Gasteiger charge is 2.23. The zero-order valence-corrected chi connectivity index (χ0v) is 38.7. The van der Waals surface area contributed by atoms with E-state index in [1.165, 1.54) is 167 Å². The van der Waals surface area contributed by atoms with Gasteiger partial charge in [-0.1, -0.05) is 219 Å². The van der Waals surface area contributed by atoms with Crippen LogP contribution in [0.4, 0.5) is 0 Å². The van der Waals surface area contributed by atoms with Gasteiger partial charge in [0.15, 0.2) is 0 Å². The molecule has 2 N–H and O–H groups in total. The normalized spacial score (nSPS) is 14.3. The van der Waals surface area contributed by atoms with E-state index in [4.69, 9.17) is 9.05 Å². The second-order valence-corrected chi connectivity index (χ2v) is 19.2. The average Bonchev–Trinajstić information content (AvgIpc) is 3.15. The van der Waals surface area contributed by atoms with Crippen molar-refractivity contribution in [1.29, 1.82) is 0 Å². The van der Waals surface area contributed by atoms with Gasteiger partial charge in [-0.2, -0.15) is 0 Å². The van der Waals surface area contributed by atoms with Crippen molar-refractivity contribution in [1.82, 2.24) is 5.32 Å². The second kappa shape index (κ2) is 39.7. The fraction of sp³-hybridized carbons (Fsp3) is 0.936. The lowest BCUT2D eigenvalue weighted by atomic mass is 10.0. The number of phosphoric ester groups is 1. The molecule has 8 nitrogen and oxygen atoms in total. The zero-order valence-electron chi connectivity index (χ0n) is 37.9. The van der Waals surface area contributed by atoms with Gasteiger partial charge in [0.2, 0.25) is 5.91 Å². The Hall–Kier alpha value is -0.760. The predicted molar refractivity (Wildman–Crippen MR) is 238 cm³/mol. The van der Waals surface area contributed by atoms with Gasteiger partial charge in [0.1, 0.15) is 13.2 Å². The van der Waals surface area contributed by atoms with E-state index < -0.39 is 20.0 Å². The van der Waals surface area contributed by atoms with Crippen LogP contribution in [0.2, 0.25) is 0 Å². The van der Waals surface area contributed by atoms with Crippen molar-refractivity contribution in [2.45, 2.75) is 244 Å². The lowest BCUT2D eigenvalue weighted by Crippen LogP contribution is -2.45. The SMILES string of the molecule is CCCCC/C=C/C(O)C(COP(=O)([O-])OCC[N+](C)(C)C)NC(=O)CCCCCCCCCCCCCCCCCCCCCCCCCCCCCCC. The molecule has 0 bridgehead atoms. The number of aliphatic hydroxyl groups excluding tert-OH is 1. The summed E-state index contributed by atoms with van der Waals surface area (Å²) in [5.74, 6) is -0.200. The molecule has 0 aromatic heterocycles. The minimum absolute atomic E-state index is 0.000850. The molecule has 3 atom stereocenters. The van der Waals surface area contributed by atoms with Gasteiger partial charge in [0, 0.05) is 6.42 Å². The van der Waals surface area contributed by atoms with Crippen LogP contribution in [0.25, 0.3) is 0 Å². The number of likely N-dealkylation sites (N-methyl/N-ethyl adjacent to an activating group) is 1. The Morgan fingerprint density at radius 1 is 0.607 bits per heavy atom. The average molecular weight is 815 g/mol. The number of amides is 1. The molecule has 0 radical (unpaired) electrons. The maximum Gasteiger partial charge on any atom is 0.268 e. The summed E-state index contributed by atoms with van der Waals surface area (Å²) in [7, 11) is 1.27. The molecule has 0 fully saturated rings. The fourth-order valence-corrected chi connectivity index (χ4v) is 7.88. The van der Waals surface area contributed by atoms with Crippen molar-refractivity contribution >= 4 is 13.7 Å². The third-order valence-corrected chi connectivity index (χ3v) is 12.0. The standard InChI is InChI=1S/C47H95N2O6P/c1-6-8-10-12-13-14-15-16-17-18-19-20-21-22-23-24-25-26-27-28-29-30-31-32-33-34-35-37-39-41-47(51)48-45(46(50)40-38-36-11-9-7-2)44-55-56(52,53)54-43-42-49(3,4)5/h38,40,45-46,50H,6-37,39,41-44H2,1-5H3,(H-,48,51,52,53)/b40-38+. The van der Waals surface area contributed by atoms with Gasteiger partial charge in [-0.3, -0.25) is 9.36 Å². The Morgan fingerprint density at radius 3 is 1.34 bits per heavy atom. The van der Waals surface area contributed by atoms with Crippen LogP contribution in [-0.2, 0) is 18.4 Å². The van der Waals surface area contributed by atoms with Crippen molar-refractivity contribution in [3.8, 4) is 0 Å². The Balaban J connectivity index is 3.82. The third-order valence-electron chi connectivity index (χ3n) is 11.0. The summed E-state index contributed by atoms with van der Waals surface area (Å²) in [5.41, 5.74) is 0.